The van der Waals surface area contributed by atoms with E-state index in [2.05, 4.69) is 0 Å². The Morgan fingerprint density at radius 3 is 2.87 bits per heavy atom. The lowest BCUT2D eigenvalue weighted by Gasteiger charge is -2.06. The number of aliphatic hydroxyl groups is 1. The van der Waals surface area contributed by atoms with Crippen molar-refractivity contribution in [1.29, 1.82) is 0 Å². The monoisotopic (exact) mass is 207 g/mol. The molecule has 1 unspecified atom stereocenters. The highest BCUT2D eigenvalue weighted by Gasteiger charge is 2.19. The largest absolute Gasteiger partial charge is 0.492 e. The highest BCUT2D eigenvalue weighted by Crippen LogP contribution is 2.35. The summed E-state index contributed by atoms with van der Waals surface area (Å²) >= 11 is 0. The Bertz CT molecular complexity index is 464. The molecule has 4 heteroatoms. The molecule has 1 heterocycles. The SMILES string of the molecule is COc1c(C(N)CO)oc2ccccc12. The summed E-state index contributed by atoms with van der Waals surface area (Å²) in [6, 6.07) is 6.96. The molecule has 0 aliphatic rings. The minimum atomic E-state index is -0.549. The summed E-state index contributed by atoms with van der Waals surface area (Å²) in [5.41, 5.74) is 6.43. The van der Waals surface area contributed by atoms with Crippen LogP contribution in [0.4, 0.5) is 0 Å². The van der Waals surface area contributed by atoms with Gasteiger partial charge in [-0.25, -0.2) is 0 Å². The van der Waals surface area contributed by atoms with E-state index < -0.39 is 6.04 Å². The van der Waals surface area contributed by atoms with Crippen molar-refractivity contribution in [2.75, 3.05) is 13.7 Å². The topological polar surface area (TPSA) is 68.6 Å². The molecule has 3 N–H and O–H groups in total. The molecule has 2 aromatic rings. The van der Waals surface area contributed by atoms with Gasteiger partial charge in [-0.15, -0.1) is 0 Å². The van der Waals surface area contributed by atoms with Gasteiger partial charge < -0.3 is 20.0 Å². The van der Waals surface area contributed by atoms with Gasteiger partial charge in [-0.3, -0.25) is 0 Å². The van der Waals surface area contributed by atoms with Crippen LogP contribution in [0.3, 0.4) is 0 Å². The zero-order valence-electron chi connectivity index (χ0n) is 8.43. The van der Waals surface area contributed by atoms with Crippen LogP contribution in [0.1, 0.15) is 11.8 Å². The maximum atomic E-state index is 8.99. The van der Waals surface area contributed by atoms with E-state index in [0.29, 0.717) is 17.1 Å². The summed E-state index contributed by atoms with van der Waals surface area (Å²) in [5, 5.41) is 9.87. The molecule has 0 radical (unpaired) electrons. The molecule has 0 saturated heterocycles. The van der Waals surface area contributed by atoms with E-state index in [-0.39, 0.29) is 6.61 Å². The molecule has 1 aromatic carbocycles. The van der Waals surface area contributed by atoms with Gasteiger partial charge >= 0.3 is 0 Å². The van der Waals surface area contributed by atoms with Gasteiger partial charge in [0.25, 0.3) is 0 Å². The van der Waals surface area contributed by atoms with Crippen molar-refractivity contribution < 1.29 is 14.3 Å². The van der Waals surface area contributed by atoms with Gasteiger partial charge in [0.05, 0.1) is 25.1 Å². The van der Waals surface area contributed by atoms with Crippen molar-refractivity contribution in [2.24, 2.45) is 5.73 Å². The Morgan fingerprint density at radius 2 is 2.20 bits per heavy atom. The van der Waals surface area contributed by atoms with E-state index in [1.165, 1.54) is 0 Å². The van der Waals surface area contributed by atoms with Crippen LogP contribution in [0.25, 0.3) is 11.0 Å². The van der Waals surface area contributed by atoms with E-state index in [9.17, 15) is 0 Å². The lowest BCUT2D eigenvalue weighted by Crippen LogP contribution is -2.14. The number of ether oxygens (including phenoxy) is 1. The van der Waals surface area contributed by atoms with E-state index in [1.807, 2.05) is 24.3 Å². The standard InChI is InChI=1S/C11H13NO3/c1-14-10-7-4-2-3-5-9(7)15-11(10)8(12)6-13/h2-5,8,13H,6,12H2,1H3. The van der Waals surface area contributed by atoms with Crippen LogP contribution in [0.15, 0.2) is 28.7 Å². The number of para-hydroxylation sites is 1. The van der Waals surface area contributed by atoms with Crippen LogP contribution >= 0.6 is 0 Å². The maximum Gasteiger partial charge on any atom is 0.169 e. The average molecular weight is 207 g/mol. The number of rotatable bonds is 3. The van der Waals surface area contributed by atoms with E-state index in [0.717, 1.165) is 5.39 Å². The molecular weight excluding hydrogens is 194 g/mol. The van der Waals surface area contributed by atoms with Crippen molar-refractivity contribution in [3.63, 3.8) is 0 Å². The lowest BCUT2D eigenvalue weighted by atomic mass is 10.2. The third-order valence-electron chi connectivity index (χ3n) is 2.31. The smallest absolute Gasteiger partial charge is 0.169 e. The van der Waals surface area contributed by atoms with Crippen LogP contribution in [0.5, 0.6) is 5.75 Å². The second-order valence-electron chi connectivity index (χ2n) is 3.28. The summed E-state index contributed by atoms with van der Waals surface area (Å²) in [5.74, 6) is 1.09. The minimum Gasteiger partial charge on any atom is -0.492 e. The van der Waals surface area contributed by atoms with Gasteiger partial charge in [0.1, 0.15) is 5.58 Å². The molecule has 0 bridgehead atoms. The maximum absolute atomic E-state index is 8.99. The summed E-state index contributed by atoms with van der Waals surface area (Å²) in [7, 11) is 1.56. The van der Waals surface area contributed by atoms with Crippen LogP contribution < -0.4 is 10.5 Å². The van der Waals surface area contributed by atoms with Crippen molar-refractivity contribution in [2.45, 2.75) is 6.04 Å². The fourth-order valence-electron chi connectivity index (χ4n) is 1.58. The number of hydrogen-bond acceptors (Lipinski definition) is 4. The molecule has 0 aliphatic carbocycles. The number of aliphatic hydroxyl groups excluding tert-OH is 1. The van der Waals surface area contributed by atoms with Crippen LogP contribution in [0.2, 0.25) is 0 Å². The number of hydrogen-bond donors (Lipinski definition) is 2. The Kier molecular flexibility index (Phi) is 2.62. The third-order valence-corrected chi connectivity index (χ3v) is 2.31. The van der Waals surface area contributed by atoms with Crippen LogP contribution in [-0.4, -0.2) is 18.8 Å². The van der Waals surface area contributed by atoms with Crippen molar-refractivity contribution in [3.8, 4) is 5.75 Å². The van der Waals surface area contributed by atoms with Crippen molar-refractivity contribution in [3.05, 3.63) is 30.0 Å². The van der Waals surface area contributed by atoms with Gasteiger partial charge in [-0.2, -0.15) is 0 Å². The van der Waals surface area contributed by atoms with Gasteiger partial charge in [-0.1, -0.05) is 12.1 Å². The van der Waals surface area contributed by atoms with E-state index in [1.54, 1.807) is 7.11 Å². The summed E-state index contributed by atoms with van der Waals surface area (Å²) in [6.45, 7) is -0.170. The highest BCUT2D eigenvalue weighted by molar-refractivity contribution is 5.85. The number of fused-ring (bicyclic) bond motifs is 1. The Balaban J connectivity index is 2.63. The highest BCUT2D eigenvalue weighted by atomic mass is 16.5. The number of furan rings is 1. The van der Waals surface area contributed by atoms with E-state index in [4.69, 9.17) is 20.0 Å². The minimum absolute atomic E-state index is 0.170. The van der Waals surface area contributed by atoms with Crippen molar-refractivity contribution >= 4 is 11.0 Å². The molecule has 1 atom stereocenters. The Hall–Kier alpha value is -1.52. The zero-order valence-corrected chi connectivity index (χ0v) is 8.43. The first kappa shape index (κ1) is 10.0. The first-order chi connectivity index (χ1) is 7.27. The predicted molar refractivity (Wildman–Crippen MR) is 56.8 cm³/mol. The van der Waals surface area contributed by atoms with Crippen molar-refractivity contribution in [1.82, 2.24) is 0 Å². The quantitative estimate of drug-likeness (QED) is 0.798. The summed E-state index contributed by atoms with van der Waals surface area (Å²) < 4.78 is 10.8. The first-order valence-electron chi connectivity index (χ1n) is 4.69. The molecule has 15 heavy (non-hydrogen) atoms. The third kappa shape index (κ3) is 1.58. The van der Waals surface area contributed by atoms with Gasteiger partial charge in [0, 0.05) is 0 Å². The van der Waals surface area contributed by atoms with Crippen LogP contribution in [-0.2, 0) is 0 Å². The normalized spacial score (nSPS) is 13.0. The van der Waals surface area contributed by atoms with Gasteiger partial charge in [-0.05, 0) is 12.1 Å². The molecule has 4 nitrogen and oxygen atoms in total. The zero-order chi connectivity index (χ0) is 10.8. The molecule has 0 spiro atoms. The van der Waals surface area contributed by atoms with Gasteiger partial charge in [0.15, 0.2) is 11.5 Å². The predicted octanol–water partition coefficient (Wildman–Crippen LogP) is 1.43. The molecule has 1 aromatic heterocycles. The molecule has 2 rings (SSSR count). The molecule has 80 valence electrons. The first-order valence-corrected chi connectivity index (χ1v) is 4.69. The lowest BCUT2D eigenvalue weighted by molar-refractivity contribution is 0.248. The fraction of sp³-hybridized carbons (Fsp3) is 0.273. The second kappa shape index (κ2) is 3.92. The molecule has 0 aliphatic heterocycles. The summed E-state index contributed by atoms with van der Waals surface area (Å²) in [4.78, 5) is 0. The summed E-state index contributed by atoms with van der Waals surface area (Å²) in [6.07, 6.45) is 0. The molecule has 0 fully saturated rings. The molecular formula is C11H13NO3. The number of benzene rings is 1. The van der Waals surface area contributed by atoms with Crippen LogP contribution in [0, 0.1) is 0 Å². The van der Waals surface area contributed by atoms with Gasteiger partial charge in [0.2, 0.25) is 0 Å². The second-order valence-corrected chi connectivity index (χ2v) is 3.28. The van der Waals surface area contributed by atoms with E-state index >= 15 is 0 Å². The fourth-order valence-corrected chi connectivity index (χ4v) is 1.58. The number of nitrogens with two attached hydrogens (primary N) is 1. The average Bonchev–Trinajstić information content (AvgIpc) is 2.66. The molecule has 0 saturated carbocycles. The number of methoxy groups -OCH3 is 1. The molecule has 0 amide bonds. The Morgan fingerprint density at radius 1 is 1.47 bits per heavy atom. The Labute approximate surface area is 87.2 Å².